The van der Waals surface area contributed by atoms with E-state index in [1.165, 1.54) is 12.8 Å². The Morgan fingerprint density at radius 1 is 1.58 bits per heavy atom. The summed E-state index contributed by atoms with van der Waals surface area (Å²) in [6.07, 6.45) is 3.82. The number of nitrogens with one attached hydrogen (secondary N) is 1. The lowest BCUT2D eigenvalue weighted by Crippen LogP contribution is -2.30. The van der Waals surface area contributed by atoms with Crippen molar-refractivity contribution >= 4 is 5.91 Å². The van der Waals surface area contributed by atoms with E-state index in [1.807, 2.05) is 0 Å². The first-order valence-corrected chi connectivity index (χ1v) is 6.96. The van der Waals surface area contributed by atoms with Gasteiger partial charge < -0.3 is 4.42 Å². The zero-order valence-electron chi connectivity index (χ0n) is 11.7. The summed E-state index contributed by atoms with van der Waals surface area (Å²) in [5.74, 6) is 7.18. The van der Waals surface area contributed by atoms with Gasteiger partial charge in [0.2, 0.25) is 0 Å². The quantitative estimate of drug-likeness (QED) is 0.448. The first-order chi connectivity index (χ1) is 9.13. The van der Waals surface area contributed by atoms with Gasteiger partial charge in [0.15, 0.2) is 0 Å². The summed E-state index contributed by atoms with van der Waals surface area (Å²) in [4.78, 5) is 13.9. The van der Waals surface area contributed by atoms with Crippen LogP contribution in [0.2, 0.25) is 0 Å². The van der Waals surface area contributed by atoms with Gasteiger partial charge in [0, 0.05) is 6.54 Å². The molecule has 1 saturated carbocycles. The zero-order chi connectivity index (χ0) is 13.8. The molecule has 1 aliphatic rings. The number of hydrazine groups is 1. The van der Waals surface area contributed by atoms with E-state index < -0.39 is 0 Å². The first-order valence-electron chi connectivity index (χ1n) is 6.96. The molecule has 1 aliphatic carbocycles. The molecule has 0 bridgehead atoms. The Kier molecular flexibility index (Phi) is 4.61. The van der Waals surface area contributed by atoms with Gasteiger partial charge >= 0.3 is 0 Å². The highest BCUT2D eigenvalue weighted by Gasteiger charge is 2.25. The molecule has 2 rings (SSSR count). The fraction of sp³-hybridized carbons (Fsp3) is 0.643. The van der Waals surface area contributed by atoms with E-state index in [1.54, 1.807) is 13.0 Å². The van der Waals surface area contributed by atoms with Gasteiger partial charge in [-0.05, 0) is 44.7 Å². The Hall–Kier alpha value is -1.33. The van der Waals surface area contributed by atoms with E-state index in [4.69, 9.17) is 10.3 Å². The number of nitrogen functional groups attached to an aromatic ring is 1. The Bertz CT molecular complexity index is 438. The van der Waals surface area contributed by atoms with Crippen molar-refractivity contribution in [2.24, 2.45) is 11.8 Å². The summed E-state index contributed by atoms with van der Waals surface area (Å²) in [5.41, 5.74) is 2.67. The lowest BCUT2D eigenvalue weighted by Gasteiger charge is -2.19. The van der Waals surface area contributed by atoms with Gasteiger partial charge in [-0.15, -0.1) is 0 Å². The average Bonchev–Trinajstić information content (AvgIpc) is 3.11. The van der Waals surface area contributed by atoms with Gasteiger partial charge in [0.05, 0.1) is 12.1 Å². The molecule has 19 heavy (non-hydrogen) atoms. The second-order valence-corrected chi connectivity index (χ2v) is 5.33. The van der Waals surface area contributed by atoms with Crippen LogP contribution >= 0.6 is 0 Å². The lowest BCUT2D eigenvalue weighted by molar-refractivity contribution is 0.0952. The summed E-state index contributed by atoms with van der Waals surface area (Å²) in [6, 6.07) is 1.80. The number of rotatable bonds is 7. The third-order valence-corrected chi connectivity index (χ3v) is 3.48. The van der Waals surface area contributed by atoms with E-state index in [2.05, 4.69) is 17.2 Å². The highest BCUT2D eigenvalue weighted by Crippen LogP contribution is 2.30. The maximum atomic E-state index is 11.5. The van der Waals surface area contributed by atoms with Crippen LogP contribution in [-0.4, -0.2) is 23.9 Å². The molecule has 3 N–H and O–H groups in total. The van der Waals surface area contributed by atoms with Gasteiger partial charge in [-0.2, -0.15) is 0 Å². The Balaban J connectivity index is 2.01. The van der Waals surface area contributed by atoms with Crippen molar-refractivity contribution in [3.8, 4) is 0 Å². The van der Waals surface area contributed by atoms with Crippen molar-refractivity contribution in [3.05, 3.63) is 23.2 Å². The first kappa shape index (κ1) is 14.1. The monoisotopic (exact) mass is 265 g/mol. The number of hydrogen-bond acceptors (Lipinski definition) is 4. The van der Waals surface area contributed by atoms with Crippen LogP contribution in [0, 0.1) is 12.8 Å². The Labute approximate surface area is 114 Å². The van der Waals surface area contributed by atoms with Gasteiger partial charge in [0.1, 0.15) is 11.5 Å². The smallest absolute Gasteiger partial charge is 0.268 e. The Morgan fingerprint density at radius 3 is 2.89 bits per heavy atom. The number of carbonyl (C=O) groups is 1. The second-order valence-electron chi connectivity index (χ2n) is 5.33. The second kappa shape index (κ2) is 6.21. The van der Waals surface area contributed by atoms with Crippen LogP contribution in [-0.2, 0) is 6.54 Å². The number of hydrogen-bond donors (Lipinski definition) is 2. The fourth-order valence-corrected chi connectivity index (χ4v) is 2.36. The minimum Gasteiger partial charge on any atom is -0.464 e. The molecule has 5 heteroatoms. The third kappa shape index (κ3) is 3.81. The molecule has 5 nitrogen and oxygen atoms in total. The number of aryl methyl sites for hydroxylation is 1. The van der Waals surface area contributed by atoms with Crippen molar-refractivity contribution < 1.29 is 9.21 Å². The standard InChI is InChI=1S/C14H23N3O2/c1-3-6-17(8-11-4-5-11)9-12-7-13(10(2)19-12)14(18)16-15/h7,11H,3-6,8-9,15H2,1-2H3,(H,16,18). The van der Waals surface area contributed by atoms with Crippen LogP contribution in [0.5, 0.6) is 0 Å². The number of nitrogens with two attached hydrogens (primary N) is 1. The fourth-order valence-electron chi connectivity index (χ4n) is 2.36. The number of carbonyl (C=O) groups excluding carboxylic acids is 1. The van der Waals surface area contributed by atoms with Crippen LogP contribution in [0.1, 0.15) is 48.1 Å². The minimum atomic E-state index is -0.295. The van der Waals surface area contributed by atoms with Crippen molar-refractivity contribution in [2.45, 2.75) is 39.7 Å². The minimum absolute atomic E-state index is 0.295. The predicted molar refractivity (Wildman–Crippen MR) is 73.4 cm³/mol. The summed E-state index contributed by atoms with van der Waals surface area (Å²) in [6.45, 7) is 6.93. The van der Waals surface area contributed by atoms with Crippen molar-refractivity contribution in [2.75, 3.05) is 13.1 Å². The van der Waals surface area contributed by atoms with Crippen molar-refractivity contribution in [1.29, 1.82) is 0 Å². The number of furan rings is 1. The topological polar surface area (TPSA) is 71.5 Å². The predicted octanol–water partition coefficient (Wildman–Crippen LogP) is 1.81. The normalized spacial score (nSPS) is 14.9. The SMILES string of the molecule is CCCN(Cc1cc(C(=O)NN)c(C)o1)CC1CC1. The number of amides is 1. The maximum absolute atomic E-state index is 11.5. The molecular formula is C14H23N3O2. The molecule has 0 unspecified atom stereocenters. The summed E-state index contributed by atoms with van der Waals surface area (Å²) in [7, 11) is 0. The van der Waals surface area contributed by atoms with E-state index >= 15 is 0 Å². The van der Waals surface area contributed by atoms with E-state index in [-0.39, 0.29) is 5.91 Å². The van der Waals surface area contributed by atoms with Crippen LogP contribution in [0.15, 0.2) is 10.5 Å². The summed E-state index contributed by atoms with van der Waals surface area (Å²) in [5, 5.41) is 0. The molecule has 0 spiro atoms. The van der Waals surface area contributed by atoms with E-state index in [0.29, 0.717) is 11.3 Å². The highest BCUT2D eigenvalue weighted by molar-refractivity contribution is 5.94. The molecule has 1 aromatic heterocycles. The lowest BCUT2D eigenvalue weighted by atomic mass is 10.2. The molecular weight excluding hydrogens is 242 g/mol. The third-order valence-electron chi connectivity index (χ3n) is 3.48. The van der Waals surface area contributed by atoms with Crippen LogP contribution in [0.3, 0.4) is 0 Å². The zero-order valence-corrected chi connectivity index (χ0v) is 11.7. The maximum Gasteiger partial charge on any atom is 0.268 e. The molecule has 0 atom stereocenters. The van der Waals surface area contributed by atoms with Crippen molar-refractivity contribution in [3.63, 3.8) is 0 Å². The van der Waals surface area contributed by atoms with Crippen LogP contribution in [0.4, 0.5) is 0 Å². The molecule has 0 aliphatic heterocycles. The van der Waals surface area contributed by atoms with Gasteiger partial charge in [-0.3, -0.25) is 15.1 Å². The van der Waals surface area contributed by atoms with Crippen LogP contribution in [0.25, 0.3) is 0 Å². The molecule has 1 amide bonds. The van der Waals surface area contributed by atoms with E-state index in [0.717, 1.165) is 37.7 Å². The highest BCUT2D eigenvalue weighted by atomic mass is 16.3. The molecule has 0 aromatic carbocycles. The molecule has 106 valence electrons. The molecule has 0 radical (unpaired) electrons. The molecule has 1 heterocycles. The molecule has 1 aromatic rings. The summed E-state index contributed by atoms with van der Waals surface area (Å²) < 4.78 is 5.66. The molecule has 1 fully saturated rings. The average molecular weight is 265 g/mol. The Morgan fingerprint density at radius 2 is 2.32 bits per heavy atom. The van der Waals surface area contributed by atoms with E-state index in [9.17, 15) is 4.79 Å². The van der Waals surface area contributed by atoms with Gasteiger partial charge in [-0.25, -0.2) is 5.84 Å². The van der Waals surface area contributed by atoms with Gasteiger partial charge in [0.25, 0.3) is 5.91 Å². The number of nitrogens with zero attached hydrogens (tertiary/aromatic N) is 1. The largest absolute Gasteiger partial charge is 0.464 e. The van der Waals surface area contributed by atoms with Crippen LogP contribution < -0.4 is 11.3 Å². The van der Waals surface area contributed by atoms with Crippen molar-refractivity contribution in [1.82, 2.24) is 10.3 Å². The summed E-state index contributed by atoms with van der Waals surface area (Å²) >= 11 is 0. The van der Waals surface area contributed by atoms with Gasteiger partial charge in [-0.1, -0.05) is 6.92 Å². The molecule has 0 saturated heterocycles.